The summed E-state index contributed by atoms with van der Waals surface area (Å²) in [6.45, 7) is 16.4. The monoisotopic (exact) mass is 346 g/mol. The smallest absolute Gasteiger partial charge is 0.0661 e. The Hall–Kier alpha value is -2.35. The summed E-state index contributed by atoms with van der Waals surface area (Å²) >= 11 is 0. The molecule has 0 saturated heterocycles. The van der Waals surface area contributed by atoms with E-state index in [1.54, 1.807) is 0 Å². The predicted octanol–water partition coefficient (Wildman–Crippen LogP) is 6.38. The van der Waals surface area contributed by atoms with Crippen molar-refractivity contribution in [2.45, 2.75) is 54.0 Å². The fourth-order valence-electron chi connectivity index (χ4n) is 3.96. The fraction of sp³-hybridized carbons (Fsp3) is 0.375. The van der Waals surface area contributed by atoms with Crippen molar-refractivity contribution in [3.8, 4) is 0 Å². The van der Waals surface area contributed by atoms with E-state index >= 15 is 0 Å². The van der Waals surface area contributed by atoms with Gasteiger partial charge in [0.25, 0.3) is 0 Å². The van der Waals surface area contributed by atoms with Crippen LogP contribution >= 0.6 is 0 Å². The summed E-state index contributed by atoms with van der Waals surface area (Å²) in [4.78, 5) is 7.26. The highest BCUT2D eigenvalue weighted by Gasteiger charge is 2.30. The van der Waals surface area contributed by atoms with Gasteiger partial charge in [-0.05, 0) is 94.5 Å². The molecule has 0 radical (unpaired) electrons. The zero-order valence-corrected chi connectivity index (χ0v) is 17.1. The molecule has 0 fully saturated rings. The summed E-state index contributed by atoms with van der Waals surface area (Å²) in [5.41, 5.74) is 9.99. The number of rotatable bonds is 3. The van der Waals surface area contributed by atoms with E-state index in [2.05, 4.69) is 89.8 Å². The average molecular weight is 347 g/mol. The largest absolute Gasteiger partial charge is 0.363 e. The Labute approximate surface area is 158 Å². The first-order valence-electron chi connectivity index (χ1n) is 9.46. The van der Waals surface area contributed by atoms with Crippen molar-refractivity contribution in [1.29, 1.82) is 0 Å². The number of fused-ring (bicyclic) bond motifs is 1. The molecule has 2 heteroatoms. The van der Waals surface area contributed by atoms with E-state index < -0.39 is 0 Å². The normalized spacial score (nSPS) is 16.0. The minimum absolute atomic E-state index is 0.0482. The number of nitrogens with zero attached hydrogens (tertiary/aromatic N) is 2. The highest BCUT2D eigenvalue weighted by atomic mass is 15.2. The lowest BCUT2D eigenvalue weighted by Gasteiger charge is -2.43. The molecule has 0 spiro atoms. The average Bonchev–Trinajstić information content (AvgIpc) is 2.55. The molecular weight excluding hydrogens is 316 g/mol. The van der Waals surface area contributed by atoms with Crippen molar-refractivity contribution < 1.29 is 0 Å². The first-order valence-corrected chi connectivity index (χ1v) is 9.46. The predicted molar refractivity (Wildman–Crippen MR) is 115 cm³/mol. The second-order valence-corrected chi connectivity index (χ2v) is 8.00. The van der Waals surface area contributed by atoms with Gasteiger partial charge in [-0.25, -0.2) is 0 Å². The Kier molecular flexibility index (Phi) is 4.79. The third kappa shape index (κ3) is 3.33. The van der Waals surface area contributed by atoms with E-state index in [1.165, 1.54) is 39.1 Å². The van der Waals surface area contributed by atoms with E-state index in [-0.39, 0.29) is 5.54 Å². The van der Waals surface area contributed by atoms with Gasteiger partial charge >= 0.3 is 0 Å². The molecule has 0 bridgehead atoms. The summed E-state index contributed by atoms with van der Waals surface area (Å²) in [6.07, 6.45) is 4.39. The van der Waals surface area contributed by atoms with E-state index in [4.69, 9.17) is 4.99 Å². The summed E-state index contributed by atoms with van der Waals surface area (Å²) in [6, 6.07) is 11.0. The molecule has 0 saturated carbocycles. The maximum atomic E-state index is 4.78. The van der Waals surface area contributed by atoms with Crippen LogP contribution in [0.25, 0.3) is 5.57 Å². The molecule has 0 aromatic heterocycles. The lowest BCUT2D eigenvalue weighted by molar-refractivity contribution is 0.566. The van der Waals surface area contributed by atoms with Crippen molar-refractivity contribution in [2.75, 3.05) is 11.4 Å². The van der Waals surface area contributed by atoms with Crippen molar-refractivity contribution in [2.24, 2.45) is 4.99 Å². The number of allylic oxidation sites excluding steroid dienone is 1. The van der Waals surface area contributed by atoms with Gasteiger partial charge in [-0.15, -0.1) is 0 Å². The minimum Gasteiger partial charge on any atom is -0.363 e. The lowest BCUT2D eigenvalue weighted by atomic mass is 9.87. The van der Waals surface area contributed by atoms with Gasteiger partial charge in [-0.2, -0.15) is 0 Å². The lowest BCUT2D eigenvalue weighted by Crippen LogP contribution is -2.45. The Morgan fingerprint density at radius 1 is 1.00 bits per heavy atom. The van der Waals surface area contributed by atoms with Crippen LogP contribution in [0.5, 0.6) is 0 Å². The molecule has 0 aliphatic carbocycles. The molecule has 1 aliphatic rings. The zero-order valence-electron chi connectivity index (χ0n) is 17.1. The molecule has 2 aromatic rings. The zero-order chi connectivity index (χ0) is 19.1. The van der Waals surface area contributed by atoms with Gasteiger partial charge in [0.1, 0.15) is 0 Å². The maximum Gasteiger partial charge on any atom is 0.0661 e. The van der Waals surface area contributed by atoms with Crippen LogP contribution in [0, 0.1) is 20.8 Å². The molecule has 26 heavy (non-hydrogen) atoms. The van der Waals surface area contributed by atoms with Crippen LogP contribution in [0.3, 0.4) is 0 Å². The fourth-order valence-corrected chi connectivity index (χ4v) is 3.96. The molecule has 0 amide bonds. The van der Waals surface area contributed by atoms with Gasteiger partial charge in [-0.1, -0.05) is 18.2 Å². The summed E-state index contributed by atoms with van der Waals surface area (Å²) < 4.78 is 0. The molecule has 2 nitrogen and oxygen atoms in total. The number of hydrogen-bond acceptors (Lipinski definition) is 2. The van der Waals surface area contributed by atoms with E-state index in [9.17, 15) is 0 Å². The van der Waals surface area contributed by atoms with Gasteiger partial charge in [0, 0.05) is 24.0 Å². The topological polar surface area (TPSA) is 15.6 Å². The highest BCUT2D eigenvalue weighted by molar-refractivity contribution is 5.90. The first-order chi connectivity index (χ1) is 12.2. The standard InChI is InChI=1S/C24H30N2/c1-8-26-23-12-18(4)20(13-21(23)19(5)14-24(26,6)7)15-25-22-11-16(2)9-10-17(22)3/h9-15H,8H2,1-7H3. The van der Waals surface area contributed by atoms with Gasteiger partial charge in [-0.3, -0.25) is 4.99 Å². The molecule has 1 heterocycles. The third-order valence-corrected chi connectivity index (χ3v) is 5.39. The van der Waals surface area contributed by atoms with E-state index in [0.29, 0.717) is 0 Å². The molecule has 0 unspecified atom stereocenters. The summed E-state index contributed by atoms with van der Waals surface area (Å²) in [7, 11) is 0. The molecule has 2 aromatic carbocycles. The molecular formula is C24H30N2. The van der Waals surface area contributed by atoms with Crippen LogP contribution in [0.1, 0.15) is 55.5 Å². The highest BCUT2D eigenvalue weighted by Crippen LogP contribution is 2.39. The van der Waals surface area contributed by atoms with Crippen molar-refractivity contribution >= 4 is 23.2 Å². The number of hydrogen-bond donors (Lipinski definition) is 0. The van der Waals surface area contributed by atoms with Crippen LogP contribution in [0.2, 0.25) is 0 Å². The first kappa shape index (κ1) is 18.4. The van der Waals surface area contributed by atoms with Crippen LogP contribution in [0.15, 0.2) is 41.4 Å². The van der Waals surface area contributed by atoms with Gasteiger partial charge in [0.05, 0.1) is 11.2 Å². The number of likely N-dealkylation sites (N-methyl/N-ethyl adjacent to an activating group) is 1. The molecule has 3 rings (SSSR count). The van der Waals surface area contributed by atoms with Crippen molar-refractivity contribution in [1.82, 2.24) is 0 Å². The Morgan fingerprint density at radius 3 is 2.42 bits per heavy atom. The van der Waals surface area contributed by atoms with Crippen LogP contribution in [0.4, 0.5) is 11.4 Å². The molecule has 0 atom stereocenters. The second kappa shape index (κ2) is 6.75. The van der Waals surface area contributed by atoms with Crippen molar-refractivity contribution in [3.05, 3.63) is 64.2 Å². The van der Waals surface area contributed by atoms with Gasteiger partial charge in [0.15, 0.2) is 0 Å². The van der Waals surface area contributed by atoms with Gasteiger partial charge in [0.2, 0.25) is 0 Å². The quantitative estimate of drug-likeness (QED) is 0.588. The van der Waals surface area contributed by atoms with Crippen LogP contribution < -0.4 is 4.90 Å². The minimum atomic E-state index is 0.0482. The van der Waals surface area contributed by atoms with E-state index in [1.807, 2.05) is 6.21 Å². The Morgan fingerprint density at radius 2 is 1.73 bits per heavy atom. The third-order valence-electron chi connectivity index (χ3n) is 5.39. The van der Waals surface area contributed by atoms with Crippen molar-refractivity contribution in [3.63, 3.8) is 0 Å². The number of benzene rings is 2. The Balaban J connectivity index is 2.05. The number of aliphatic imine (C=N–C) groups is 1. The summed E-state index contributed by atoms with van der Waals surface area (Å²) in [5.74, 6) is 0. The second-order valence-electron chi connectivity index (χ2n) is 8.00. The maximum absolute atomic E-state index is 4.78. The van der Waals surface area contributed by atoms with E-state index in [0.717, 1.165) is 12.2 Å². The molecule has 136 valence electrons. The molecule has 1 aliphatic heterocycles. The van der Waals surface area contributed by atoms with Gasteiger partial charge < -0.3 is 4.90 Å². The number of anilines is 1. The number of aryl methyl sites for hydroxylation is 3. The summed E-state index contributed by atoms with van der Waals surface area (Å²) in [5, 5.41) is 0. The molecule has 0 N–H and O–H groups in total. The Bertz CT molecular complexity index is 901. The SMILES string of the molecule is CCN1c2cc(C)c(C=Nc3cc(C)ccc3C)cc2C(C)=CC1(C)C. The van der Waals surface area contributed by atoms with Crippen LogP contribution in [-0.4, -0.2) is 18.3 Å². The van der Waals surface area contributed by atoms with Crippen LogP contribution in [-0.2, 0) is 0 Å².